The van der Waals surface area contributed by atoms with E-state index in [1.54, 1.807) is 0 Å². The maximum atomic E-state index is 3.45. The first-order valence-corrected chi connectivity index (χ1v) is 7.18. The number of nitrogens with one attached hydrogen (secondary N) is 1. The molecule has 18 heavy (non-hydrogen) atoms. The highest BCUT2D eigenvalue weighted by atomic mass is 15.2. The lowest BCUT2D eigenvalue weighted by Crippen LogP contribution is -2.45. The molecule has 1 heterocycles. The van der Waals surface area contributed by atoms with Gasteiger partial charge in [0.05, 0.1) is 0 Å². The number of piperazine rings is 1. The van der Waals surface area contributed by atoms with Gasteiger partial charge in [0.15, 0.2) is 0 Å². The average Bonchev–Trinajstić information content (AvgIpc) is 2.38. The Morgan fingerprint density at radius 3 is 2.44 bits per heavy atom. The number of hydrogen-bond acceptors (Lipinski definition) is 2. The van der Waals surface area contributed by atoms with Crippen molar-refractivity contribution in [1.82, 2.24) is 10.2 Å². The normalized spacial score (nSPS) is 19.1. The Morgan fingerprint density at radius 1 is 1.17 bits per heavy atom. The van der Waals surface area contributed by atoms with Gasteiger partial charge in [-0.05, 0) is 30.4 Å². The molecule has 1 aromatic rings. The van der Waals surface area contributed by atoms with Crippen LogP contribution in [0.15, 0.2) is 24.3 Å². The molecule has 0 unspecified atom stereocenters. The van der Waals surface area contributed by atoms with E-state index < -0.39 is 0 Å². The summed E-state index contributed by atoms with van der Waals surface area (Å²) < 4.78 is 0. The molecule has 2 nitrogen and oxygen atoms in total. The van der Waals surface area contributed by atoms with Gasteiger partial charge in [-0.2, -0.15) is 0 Å². The third-order valence-electron chi connectivity index (χ3n) is 3.83. The Hall–Kier alpha value is -0.860. The Bertz CT molecular complexity index is 367. The summed E-state index contributed by atoms with van der Waals surface area (Å²) in [5.74, 6) is 0.740. The van der Waals surface area contributed by atoms with Crippen molar-refractivity contribution >= 4 is 0 Å². The van der Waals surface area contributed by atoms with Crippen LogP contribution in [0.3, 0.4) is 0 Å². The molecule has 1 fully saturated rings. The number of rotatable bonds is 4. The topological polar surface area (TPSA) is 15.3 Å². The summed E-state index contributed by atoms with van der Waals surface area (Å²) in [5.41, 5.74) is 2.95. The SMILES string of the molecule is Cc1ccccc1[C@H](CC(C)C)N1CCNCC1. The van der Waals surface area contributed by atoms with Gasteiger partial charge in [0.25, 0.3) is 0 Å². The van der Waals surface area contributed by atoms with Crippen LogP contribution >= 0.6 is 0 Å². The van der Waals surface area contributed by atoms with E-state index in [-0.39, 0.29) is 0 Å². The van der Waals surface area contributed by atoms with Crippen LogP contribution in [0.25, 0.3) is 0 Å². The summed E-state index contributed by atoms with van der Waals surface area (Å²) in [5, 5.41) is 3.45. The Kier molecular flexibility index (Phi) is 4.79. The molecule has 1 aliphatic heterocycles. The summed E-state index contributed by atoms with van der Waals surface area (Å²) in [6, 6.07) is 9.46. The Balaban J connectivity index is 2.21. The predicted molar refractivity (Wildman–Crippen MR) is 77.8 cm³/mol. The molecule has 1 N–H and O–H groups in total. The number of aryl methyl sites for hydroxylation is 1. The minimum atomic E-state index is 0.591. The van der Waals surface area contributed by atoms with Gasteiger partial charge in [0.1, 0.15) is 0 Å². The largest absolute Gasteiger partial charge is 0.314 e. The van der Waals surface area contributed by atoms with Crippen molar-refractivity contribution in [1.29, 1.82) is 0 Å². The first kappa shape index (κ1) is 13.6. The summed E-state index contributed by atoms with van der Waals surface area (Å²) in [7, 11) is 0. The van der Waals surface area contributed by atoms with E-state index in [1.165, 1.54) is 30.6 Å². The molecule has 100 valence electrons. The van der Waals surface area contributed by atoms with Gasteiger partial charge >= 0.3 is 0 Å². The van der Waals surface area contributed by atoms with E-state index in [4.69, 9.17) is 0 Å². The second-order valence-corrected chi connectivity index (χ2v) is 5.79. The molecule has 0 aromatic heterocycles. The summed E-state index contributed by atoms with van der Waals surface area (Å²) in [4.78, 5) is 2.65. The highest BCUT2D eigenvalue weighted by molar-refractivity contribution is 5.29. The first-order valence-electron chi connectivity index (χ1n) is 7.18. The van der Waals surface area contributed by atoms with Crippen LogP contribution in [0.1, 0.15) is 37.4 Å². The third-order valence-corrected chi connectivity index (χ3v) is 3.83. The maximum Gasteiger partial charge on any atom is 0.0354 e. The Labute approximate surface area is 111 Å². The van der Waals surface area contributed by atoms with Crippen molar-refractivity contribution in [3.63, 3.8) is 0 Å². The summed E-state index contributed by atoms with van der Waals surface area (Å²) in [6.07, 6.45) is 1.25. The molecular weight excluding hydrogens is 220 g/mol. The van der Waals surface area contributed by atoms with Gasteiger partial charge in [0.2, 0.25) is 0 Å². The quantitative estimate of drug-likeness (QED) is 0.878. The van der Waals surface area contributed by atoms with Gasteiger partial charge in [-0.25, -0.2) is 0 Å². The van der Waals surface area contributed by atoms with Crippen LogP contribution < -0.4 is 5.32 Å². The molecule has 1 saturated heterocycles. The fourth-order valence-corrected chi connectivity index (χ4v) is 2.87. The van der Waals surface area contributed by atoms with Crippen LogP contribution in [0.5, 0.6) is 0 Å². The molecular formula is C16H26N2. The molecule has 0 spiro atoms. The zero-order valence-electron chi connectivity index (χ0n) is 11.9. The van der Waals surface area contributed by atoms with Crippen molar-refractivity contribution in [2.24, 2.45) is 5.92 Å². The Morgan fingerprint density at radius 2 is 1.83 bits per heavy atom. The zero-order chi connectivity index (χ0) is 13.0. The molecule has 0 aliphatic carbocycles. The highest BCUT2D eigenvalue weighted by Gasteiger charge is 2.23. The molecule has 0 bridgehead atoms. The fraction of sp³-hybridized carbons (Fsp3) is 0.625. The van der Waals surface area contributed by atoms with E-state index in [9.17, 15) is 0 Å². The molecule has 2 rings (SSSR count). The third kappa shape index (κ3) is 3.33. The van der Waals surface area contributed by atoms with E-state index in [0.717, 1.165) is 19.0 Å². The highest BCUT2D eigenvalue weighted by Crippen LogP contribution is 2.30. The van der Waals surface area contributed by atoms with E-state index >= 15 is 0 Å². The van der Waals surface area contributed by atoms with Gasteiger partial charge in [-0.1, -0.05) is 38.1 Å². The first-order chi connectivity index (χ1) is 8.68. The van der Waals surface area contributed by atoms with Crippen molar-refractivity contribution < 1.29 is 0 Å². The lowest BCUT2D eigenvalue weighted by molar-refractivity contribution is 0.153. The van der Waals surface area contributed by atoms with Gasteiger partial charge in [-0.15, -0.1) is 0 Å². The molecule has 0 radical (unpaired) electrons. The van der Waals surface area contributed by atoms with E-state index in [2.05, 4.69) is 55.3 Å². The second kappa shape index (κ2) is 6.35. The second-order valence-electron chi connectivity index (χ2n) is 5.79. The van der Waals surface area contributed by atoms with Crippen molar-refractivity contribution in [2.75, 3.05) is 26.2 Å². The van der Waals surface area contributed by atoms with Crippen LogP contribution in [0, 0.1) is 12.8 Å². The number of benzene rings is 1. The molecule has 0 saturated carbocycles. The molecule has 1 aromatic carbocycles. The van der Waals surface area contributed by atoms with E-state index in [0.29, 0.717) is 6.04 Å². The fourth-order valence-electron chi connectivity index (χ4n) is 2.87. The lowest BCUT2D eigenvalue weighted by atomic mass is 9.92. The minimum absolute atomic E-state index is 0.591. The molecule has 1 aliphatic rings. The van der Waals surface area contributed by atoms with E-state index in [1.807, 2.05) is 0 Å². The van der Waals surface area contributed by atoms with Crippen molar-refractivity contribution in [3.8, 4) is 0 Å². The van der Waals surface area contributed by atoms with Crippen LogP contribution in [0.4, 0.5) is 0 Å². The number of hydrogen-bond donors (Lipinski definition) is 1. The smallest absolute Gasteiger partial charge is 0.0354 e. The van der Waals surface area contributed by atoms with Gasteiger partial charge in [-0.3, -0.25) is 4.90 Å². The standard InChI is InChI=1S/C16H26N2/c1-13(2)12-16(18-10-8-17-9-11-18)15-7-5-4-6-14(15)3/h4-7,13,16-17H,8-12H2,1-3H3/t16-/m0/s1. The van der Waals surface area contributed by atoms with Gasteiger partial charge < -0.3 is 5.32 Å². The minimum Gasteiger partial charge on any atom is -0.314 e. The number of nitrogens with zero attached hydrogens (tertiary/aromatic N) is 1. The molecule has 2 heteroatoms. The van der Waals surface area contributed by atoms with Crippen molar-refractivity contribution in [3.05, 3.63) is 35.4 Å². The molecule has 1 atom stereocenters. The monoisotopic (exact) mass is 246 g/mol. The van der Waals surface area contributed by atoms with Crippen molar-refractivity contribution in [2.45, 2.75) is 33.2 Å². The van der Waals surface area contributed by atoms with Crippen LogP contribution in [-0.2, 0) is 0 Å². The average molecular weight is 246 g/mol. The maximum absolute atomic E-state index is 3.45. The zero-order valence-corrected chi connectivity index (χ0v) is 11.9. The summed E-state index contributed by atoms with van der Waals surface area (Å²) in [6.45, 7) is 11.5. The van der Waals surface area contributed by atoms with Crippen LogP contribution in [0.2, 0.25) is 0 Å². The lowest BCUT2D eigenvalue weighted by Gasteiger charge is -2.37. The predicted octanol–water partition coefficient (Wildman–Crippen LogP) is 2.99. The van der Waals surface area contributed by atoms with Crippen LogP contribution in [-0.4, -0.2) is 31.1 Å². The molecule has 0 amide bonds. The summed E-state index contributed by atoms with van der Waals surface area (Å²) >= 11 is 0. The van der Waals surface area contributed by atoms with Gasteiger partial charge in [0, 0.05) is 32.2 Å².